The Hall–Kier alpha value is -4.57. The number of alkyl halides is 4. The third kappa shape index (κ3) is 7.84. The van der Waals surface area contributed by atoms with Crippen LogP contribution in [0.3, 0.4) is 0 Å². The molecule has 0 saturated heterocycles. The van der Waals surface area contributed by atoms with Gasteiger partial charge in [-0.1, -0.05) is 48.0 Å². The maximum Gasteiger partial charge on any atom is 0.416 e. The van der Waals surface area contributed by atoms with E-state index in [-0.39, 0.29) is 36.4 Å². The first-order valence-corrected chi connectivity index (χ1v) is 13.4. The third-order valence-electron chi connectivity index (χ3n) is 6.69. The van der Waals surface area contributed by atoms with Crippen molar-refractivity contribution in [1.29, 1.82) is 0 Å². The summed E-state index contributed by atoms with van der Waals surface area (Å²) in [5, 5.41) is 14.9. The number of benzene rings is 4. The zero-order valence-corrected chi connectivity index (χ0v) is 23.7. The smallest absolute Gasteiger partial charge is 0.416 e. The van der Waals surface area contributed by atoms with Crippen LogP contribution >= 0.6 is 11.6 Å². The molecule has 0 aromatic heterocycles. The number of nitrogens with one attached hydrogen (secondary N) is 2. The van der Waals surface area contributed by atoms with Crippen LogP contribution in [0.2, 0.25) is 5.02 Å². The van der Waals surface area contributed by atoms with Gasteiger partial charge in [0.2, 0.25) is 0 Å². The summed E-state index contributed by atoms with van der Waals surface area (Å²) in [4.78, 5) is 23.0. The van der Waals surface area contributed by atoms with Gasteiger partial charge in [0, 0.05) is 40.5 Å². The van der Waals surface area contributed by atoms with E-state index in [1.165, 1.54) is 31.4 Å². The van der Waals surface area contributed by atoms with Gasteiger partial charge in [0.05, 0.1) is 19.1 Å². The molecule has 0 atom stereocenters. The van der Waals surface area contributed by atoms with E-state index in [4.69, 9.17) is 21.4 Å². The van der Waals surface area contributed by atoms with Crippen molar-refractivity contribution in [1.82, 2.24) is 5.32 Å². The molecule has 224 valence electrons. The van der Waals surface area contributed by atoms with Crippen molar-refractivity contribution in [2.75, 3.05) is 19.0 Å². The summed E-state index contributed by atoms with van der Waals surface area (Å²) in [7, 11) is 1.29. The van der Waals surface area contributed by atoms with Crippen LogP contribution in [0, 0.1) is 0 Å². The van der Waals surface area contributed by atoms with Crippen molar-refractivity contribution in [3.8, 4) is 28.0 Å². The van der Waals surface area contributed by atoms with Gasteiger partial charge in [-0.25, -0.2) is 4.39 Å². The van der Waals surface area contributed by atoms with Gasteiger partial charge in [-0.15, -0.1) is 0 Å². The molecule has 0 spiro atoms. The second-order valence-corrected chi connectivity index (χ2v) is 9.97. The molecule has 0 saturated carbocycles. The van der Waals surface area contributed by atoms with Crippen LogP contribution < -0.4 is 15.4 Å². The Morgan fingerprint density at radius 2 is 1.56 bits per heavy atom. The first kappa shape index (κ1) is 31.4. The minimum atomic E-state index is -4.63. The number of ether oxygens (including phenoxy) is 1. The summed E-state index contributed by atoms with van der Waals surface area (Å²) in [6.07, 6.45) is -4.87. The predicted octanol–water partition coefficient (Wildman–Crippen LogP) is 7.99. The highest BCUT2D eigenvalue weighted by atomic mass is 35.5. The van der Waals surface area contributed by atoms with E-state index in [0.717, 1.165) is 23.3 Å². The molecule has 0 aliphatic rings. The first-order chi connectivity index (χ1) is 20.5. The Labute approximate surface area is 250 Å². The molecule has 4 aromatic carbocycles. The lowest BCUT2D eigenvalue weighted by Crippen LogP contribution is -2.25. The van der Waals surface area contributed by atoms with Crippen LogP contribution in [0.1, 0.15) is 33.5 Å². The highest BCUT2D eigenvalue weighted by Gasteiger charge is 2.32. The number of carboxylic acids is 1. The summed E-state index contributed by atoms with van der Waals surface area (Å²) in [6, 6.07) is 20.1. The number of rotatable bonds is 11. The van der Waals surface area contributed by atoms with Crippen LogP contribution in [-0.2, 0) is 24.2 Å². The Kier molecular flexibility index (Phi) is 9.92. The van der Waals surface area contributed by atoms with Gasteiger partial charge in [0.15, 0.2) is 0 Å². The van der Waals surface area contributed by atoms with Gasteiger partial charge in [0.1, 0.15) is 12.4 Å². The average molecular weight is 615 g/mol. The SMILES string of the molecule is COc1cc(C(F)(F)F)cc(-c2ccc(C(=O)NCCC(=O)O)cc2)c1CNc1ccc(-c2ccc(CF)cc2Cl)cc1. The Morgan fingerprint density at radius 3 is 2.14 bits per heavy atom. The standard InChI is InChI=1S/C32H27ClF4N2O4/c1-43-29-16-23(32(35,36)37)15-26(21-3-5-22(6-4-21)31(42)38-13-12-30(40)41)27(29)18-39-24-9-7-20(8-10-24)25-11-2-19(17-34)14-28(25)33/h2-11,14-16,39H,12-13,17-18H2,1H3,(H,38,42)(H,40,41). The van der Waals surface area contributed by atoms with Crippen molar-refractivity contribution >= 4 is 29.2 Å². The van der Waals surface area contributed by atoms with Crippen molar-refractivity contribution < 1.29 is 37.0 Å². The number of halogens is 5. The average Bonchev–Trinajstić information content (AvgIpc) is 2.99. The van der Waals surface area contributed by atoms with Crippen LogP contribution in [0.25, 0.3) is 22.3 Å². The van der Waals surface area contributed by atoms with Crippen LogP contribution in [0.15, 0.2) is 78.9 Å². The van der Waals surface area contributed by atoms with Gasteiger partial charge in [-0.05, 0) is 64.7 Å². The normalized spacial score (nSPS) is 11.2. The second-order valence-electron chi connectivity index (χ2n) is 9.56. The molecule has 0 heterocycles. The molecule has 3 N–H and O–H groups in total. The minimum absolute atomic E-state index is 0.0316. The van der Waals surface area contributed by atoms with Gasteiger partial charge in [-0.2, -0.15) is 13.2 Å². The lowest BCUT2D eigenvalue weighted by Gasteiger charge is -2.19. The number of aliphatic carboxylic acids is 1. The fourth-order valence-electron chi connectivity index (χ4n) is 4.45. The van der Waals surface area contributed by atoms with Gasteiger partial charge in [-0.3, -0.25) is 9.59 Å². The molecule has 0 fully saturated rings. The number of methoxy groups -OCH3 is 1. The molecule has 4 aromatic rings. The number of anilines is 1. The molecular formula is C32H27ClF4N2O4. The zero-order valence-electron chi connectivity index (χ0n) is 22.9. The van der Waals surface area contributed by atoms with Gasteiger partial charge >= 0.3 is 12.1 Å². The fraction of sp³-hybridized carbons (Fsp3) is 0.188. The highest BCUT2D eigenvalue weighted by Crippen LogP contribution is 2.39. The van der Waals surface area contributed by atoms with E-state index in [0.29, 0.717) is 27.4 Å². The summed E-state index contributed by atoms with van der Waals surface area (Å²) >= 11 is 6.32. The topological polar surface area (TPSA) is 87.7 Å². The molecule has 1 amide bonds. The summed E-state index contributed by atoms with van der Waals surface area (Å²) in [6.45, 7) is -0.568. The zero-order chi connectivity index (χ0) is 31.1. The van der Waals surface area contributed by atoms with E-state index in [1.807, 2.05) is 12.1 Å². The van der Waals surface area contributed by atoms with Crippen LogP contribution in [0.5, 0.6) is 5.75 Å². The van der Waals surface area contributed by atoms with Gasteiger partial charge < -0.3 is 20.5 Å². The van der Waals surface area contributed by atoms with Crippen molar-refractivity contribution in [3.63, 3.8) is 0 Å². The minimum Gasteiger partial charge on any atom is -0.496 e. The molecule has 11 heteroatoms. The number of carboxylic acid groups (broad SMARTS) is 1. The molecule has 4 rings (SSSR count). The number of hydrogen-bond donors (Lipinski definition) is 3. The van der Waals surface area contributed by atoms with Crippen LogP contribution in [0.4, 0.5) is 23.2 Å². The van der Waals surface area contributed by atoms with Crippen molar-refractivity contribution in [2.24, 2.45) is 0 Å². The highest BCUT2D eigenvalue weighted by molar-refractivity contribution is 6.33. The third-order valence-corrected chi connectivity index (χ3v) is 7.00. The molecule has 0 radical (unpaired) electrons. The fourth-order valence-corrected chi connectivity index (χ4v) is 4.76. The lowest BCUT2D eigenvalue weighted by molar-refractivity contribution is -0.138. The largest absolute Gasteiger partial charge is 0.496 e. The molecule has 0 aliphatic carbocycles. The molecule has 43 heavy (non-hydrogen) atoms. The Morgan fingerprint density at radius 1 is 0.907 bits per heavy atom. The number of carbonyl (C=O) groups excluding carboxylic acids is 1. The van der Waals surface area contributed by atoms with E-state index in [2.05, 4.69) is 10.6 Å². The van der Waals surface area contributed by atoms with E-state index in [1.54, 1.807) is 30.3 Å². The van der Waals surface area contributed by atoms with Gasteiger partial charge in [0.25, 0.3) is 5.91 Å². The van der Waals surface area contributed by atoms with Crippen molar-refractivity contribution in [3.05, 3.63) is 106 Å². The molecule has 6 nitrogen and oxygen atoms in total. The molecule has 0 aliphatic heterocycles. The second kappa shape index (κ2) is 13.6. The van der Waals surface area contributed by atoms with Crippen LogP contribution in [-0.4, -0.2) is 30.6 Å². The Balaban J connectivity index is 1.61. The van der Waals surface area contributed by atoms with E-state index >= 15 is 0 Å². The van der Waals surface area contributed by atoms with E-state index in [9.17, 15) is 27.2 Å². The van der Waals surface area contributed by atoms with Crippen molar-refractivity contribution in [2.45, 2.75) is 25.8 Å². The van der Waals surface area contributed by atoms with E-state index < -0.39 is 30.3 Å². The first-order valence-electron chi connectivity index (χ1n) is 13.1. The summed E-state index contributed by atoms with van der Waals surface area (Å²) < 4.78 is 59.7. The Bertz CT molecular complexity index is 1610. The molecular weight excluding hydrogens is 588 g/mol. The molecule has 0 unspecified atom stereocenters. The maximum absolute atomic E-state index is 13.8. The monoisotopic (exact) mass is 614 g/mol. The molecule has 0 bridgehead atoms. The maximum atomic E-state index is 13.8. The quantitative estimate of drug-likeness (QED) is 0.149. The summed E-state index contributed by atoms with van der Waals surface area (Å²) in [5.74, 6) is -1.52. The predicted molar refractivity (Wildman–Crippen MR) is 157 cm³/mol. The number of hydrogen-bond acceptors (Lipinski definition) is 4. The summed E-state index contributed by atoms with van der Waals surface area (Å²) in [5.41, 5.74) is 3.17. The lowest BCUT2D eigenvalue weighted by atomic mass is 9.95. The number of carbonyl (C=O) groups is 2. The number of amides is 1.